The van der Waals surface area contributed by atoms with Gasteiger partial charge in [0.25, 0.3) is 0 Å². The van der Waals surface area contributed by atoms with Gasteiger partial charge in [0.2, 0.25) is 9.04 Å². The number of benzene rings is 1. The molecule has 0 fully saturated rings. The third-order valence-corrected chi connectivity index (χ3v) is 3.23. The zero-order valence-corrected chi connectivity index (χ0v) is 12.7. The number of aromatic nitrogens is 1. The Hall–Kier alpha value is -1.94. The Bertz CT molecular complexity index is 568. The van der Waals surface area contributed by atoms with Crippen molar-refractivity contribution in [2.75, 3.05) is 0 Å². The SMILES string of the molecule is Cc1ccc(O[SiH](C)C)c(N=Cc2ccccn2)c1. The molecule has 0 atom stereocenters. The molecule has 0 bridgehead atoms. The Morgan fingerprint density at radius 3 is 2.74 bits per heavy atom. The lowest BCUT2D eigenvalue weighted by Gasteiger charge is -2.12. The van der Waals surface area contributed by atoms with Gasteiger partial charge in [-0.2, -0.15) is 0 Å². The third kappa shape index (κ3) is 4.03. The molecule has 0 spiro atoms. The number of pyridine rings is 1. The average Bonchev–Trinajstić information content (AvgIpc) is 2.40. The van der Waals surface area contributed by atoms with Crippen molar-refractivity contribution < 1.29 is 4.43 Å². The highest BCUT2D eigenvalue weighted by atomic mass is 28.3. The maximum absolute atomic E-state index is 5.89. The van der Waals surface area contributed by atoms with E-state index in [4.69, 9.17) is 4.43 Å². The molecule has 3 nitrogen and oxygen atoms in total. The molecule has 0 saturated heterocycles. The minimum absolute atomic E-state index is 0.844. The molecule has 0 aliphatic carbocycles. The van der Waals surface area contributed by atoms with Crippen LogP contribution in [0.1, 0.15) is 11.3 Å². The van der Waals surface area contributed by atoms with Gasteiger partial charge in [0.05, 0.1) is 11.9 Å². The van der Waals surface area contributed by atoms with Gasteiger partial charge in [-0.3, -0.25) is 9.98 Å². The summed E-state index contributed by atoms with van der Waals surface area (Å²) in [6.07, 6.45) is 3.53. The van der Waals surface area contributed by atoms with Crippen molar-refractivity contribution in [3.05, 3.63) is 53.9 Å². The van der Waals surface area contributed by atoms with Crippen LogP contribution in [-0.2, 0) is 0 Å². The molecule has 19 heavy (non-hydrogen) atoms. The van der Waals surface area contributed by atoms with E-state index in [0.717, 1.165) is 17.1 Å². The summed E-state index contributed by atoms with van der Waals surface area (Å²) in [7, 11) is -1.13. The van der Waals surface area contributed by atoms with Crippen LogP contribution in [0.15, 0.2) is 47.6 Å². The molecule has 0 amide bonds. The van der Waals surface area contributed by atoms with Gasteiger partial charge >= 0.3 is 0 Å². The largest absolute Gasteiger partial charge is 0.546 e. The molecule has 4 heteroatoms. The number of hydrogen-bond donors (Lipinski definition) is 0. The number of rotatable bonds is 4. The number of aryl methyl sites for hydroxylation is 1. The second-order valence-electron chi connectivity index (χ2n) is 4.65. The lowest BCUT2D eigenvalue weighted by atomic mass is 10.2. The molecular weight excluding hydrogens is 252 g/mol. The molecule has 2 rings (SSSR count). The summed E-state index contributed by atoms with van der Waals surface area (Å²) in [5.74, 6) is 0.861. The van der Waals surface area contributed by atoms with E-state index in [9.17, 15) is 0 Å². The quantitative estimate of drug-likeness (QED) is 0.629. The first-order valence-corrected chi connectivity index (χ1v) is 9.15. The van der Waals surface area contributed by atoms with Crippen LogP contribution in [0.4, 0.5) is 5.69 Å². The molecule has 0 aliphatic heterocycles. The van der Waals surface area contributed by atoms with E-state index in [0.29, 0.717) is 0 Å². The highest BCUT2D eigenvalue weighted by Gasteiger charge is 2.05. The number of nitrogens with zero attached hydrogens (tertiary/aromatic N) is 2. The van der Waals surface area contributed by atoms with E-state index in [1.165, 1.54) is 5.56 Å². The smallest absolute Gasteiger partial charge is 0.229 e. The van der Waals surface area contributed by atoms with Crippen LogP contribution in [-0.4, -0.2) is 20.2 Å². The van der Waals surface area contributed by atoms with E-state index in [2.05, 4.69) is 30.0 Å². The van der Waals surface area contributed by atoms with Crippen molar-refractivity contribution in [2.45, 2.75) is 20.0 Å². The molecule has 1 heterocycles. The van der Waals surface area contributed by atoms with Gasteiger partial charge < -0.3 is 4.43 Å². The summed E-state index contributed by atoms with van der Waals surface area (Å²) in [5.41, 5.74) is 2.88. The van der Waals surface area contributed by atoms with Crippen molar-refractivity contribution in [2.24, 2.45) is 4.99 Å². The zero-order chi connectivity index (χ0) is 13.7. The lowest BCUT2D eigenvalue weighted by molar-refractivity contribution is 0.582. The van der Waals surface area contributed by atoms with Crippen molar-refractivity contribution in [3.8, 4) is 5.75 Å². The molecule has 0 N–H and O–H groups in total. The van der Waals surface area contributed by atoms with E-state index < -0.39 is 9.04 Å². The van der Waals surface area contributed by atoms with E-state index in [1.807, 2.05) is 36.4 Å². The summed E-state index contributed by atoms with van der Waals surface area (Å²) in [6, 6.07) is 11.8. The summed E-state index contributed by atoms with van der Waals surface area (Å²) < 4.78 is 5.89. The Labute approximate surface area is 115 Å². The van der Waals surface area contributed by atoms with Crippen molar-refractivity contribution in [1.82, 2.24) is 4.98 Å². The fraction of sp³-hybridized carbons (Fsp3) is 0.200. The fourth-order valence-electron chi connectivity index (χ4n) is 1.67. The van der Waals surface area contributed by atoms with Crippen molar-refractivity contribution in [1.29, 1.82) is 0 Å². The highest BCUT2D eigenvalue weighted by Crippen LogP contribution is 2.28. The van der Waals surface area contributed by atoms with E-state index in [1.54, 1.807) is 12.4 Å². The molecule has 0 aliphatic rings. The van der Waals surface area contributed by atoms with Gasteiger partial charge in [-0.15, -0.1) is 0 Å². The van der Waals surface area contributed by atoms with Gasteiger partial charge in [0.15, 0.2) is 0 Å². The molecule has 0 radical (unpaired) electrons. The molecule has 98 valence electrons. The van der Waals surface area contributed by atoms with E-state index >= 15 is 0 Å². The Morgan fingerprint density at radius 2 is 2.05 bits per heavy atom. The van der Waals surface area contributed by atoms with Crippen LogP contribution in [0.5, 0.6) is 5.75 Å². The average molecular weight is 270 g/mol. The van der Waals surface area contributed by atoms with Crippen LogP contribution in [0, 0.1) is 6.92 Å². The standard InChI is InChI=1S/C15H18N2OSi/c1-12-7-8-15(18-19(2)3)14(10-12)17-11-13-6-4-5-9-16-13/h4-11,19H,1-3H3. The zero-order valence-electron chi connectivity index (χ0n) is 11.5. The fourth-order valence-corrected chi connectivity index (χ4v) is 2.38. The maximum atomic E-state index is 5.89. The number of aliphatic imine (C=N–C) groups is 1. The Morgan fingerprint density at radius 1 is 1.21 bits per heavy atom. The van der Waals surface area contributed by atoms with Crippen molar-refractivity contribution >= 4 is 20.9 Å². The summed E-state index contributed by atoms with van der Waals surface area (Å²) in [4.78, 5) is 8.73. The van der Waals surface area contributed by atoms with Gasteiger partial charge in [-0.05, 0) is 49.8 Å². The second kappa shape index (κ2) is 6.29. The normalized spacial score (nSPS) is 11.2. The third-order valence-electron chi connectivity index (χ3n) is 2.50. The predicted molar refractivity (Wildman–Crippen MR) is 82.2 cm³/mol. The molecule has 1 aromatic carbocycles. The Balaban J connectivity index is 2.28. The van der Waals surface area contributed by atoms with Gasteiger partial charge in [-0.25, -0.2) is 0 Å². The Kier molecular flexibility index (Phi) is 4.47. The minimum atomic E-state index is -1.13. The maximum Gasteiger partial charge on any atom is 0.229 e. The summed E-state index contributed by atoms with van der Waals surface area (Å²) >= 11 is 0. The molecule has 2 aromatic rings. The second-order valence-corrected chi connectivity index (χ2v) is 6.98. The monoisotopic (exact) mass is 270 g/mol. The van der Waals surface area contributed by atoms with Crippen LogP contribution in [0.3, 0.4) is 0 Å². The van der Waals surface area contributed by atoms with Crippen LogP contribution < -0.4 is 4.43 Å². The first kappa shape index (κ1) is 13.5. The van der Waals surface area contributed by atoms with Gasteiger partial charge in [0, 0.05) is 6.20 Å². The summed E-state index contributed by atoms with van der Waals surface area (Å²) in [6.45, 7) is 6.34. The summed E-state index contributed by atoms with van der Waals surface area (Å²) in [5, 5.41) is 0. The molecular formula is C15H18N2OSi. The van der Waals surface area contributed by atoms with Crippen LogP contribution >= 0.6 is 0 Å². The molecule has 0 saturated carbocycles. The van der Waals surface area contributed by atoms with Gasteiger partial charge in [-0.1, -0.05) is 12.1 Å². The molecule has 0 unspecified atom stereocenters. The predicted octanol–water partition coefficient (Wildman–Crippen LogP) is 3.50. The topological polar surface area (TPSA) is 34.5 Å². The molecule has 1 aromatic heterocycles. The highest BCUT2D eigenvalue weighted by molar-refractivity contribution is 6.49. The minimum Gasteiger partial charge on any atom is -0.546 e. The van der Waals surface area contributed by atoms with Crippen LogP contribution in [0.2, 0.25) is 13.1 Å². The lowest BCUT2D eigenvalue weighted by Crippen LogP contribution is -2.11. The van der Waals surface area contributed by atoms with Crippen molar-refractivity contribution in [3.63, 3.8) is 0 Å². The first-order valence-electron chi connectivity index (χ1n) is 6.37. The van der Waals surface area contributed by atoms with E-state index in [-0.39, 0.29) is 0 Å². The number of hydrogen-bond acceptors (Lipinski definition) is 3. The van der Waals surface area contributed by atoms with Gasteiger partial charge in [0.1, 0.15) is 11.4 Å². The van der Waals surface area contributed by atoms with Crippen LogP contribution in [0.25, 0.3) is 0 Å². The first-order chi connectivity index (χ1) is 9.15.